The predicted molar refractivity (Wildman–Crippen MR) is 109 cm³/mol. The molecule has 2 heteroatoms. The van der Waals surface area contributed by atoms with E-state index in [1.807, 2.05) is 12.1 Å². The van der Waals surface area contributed by atoms with E-state index in [2.05, 4.69) is 72.8 Å². The maximum Gasteiger partial charge on any atom is 0.158 e. The van der Waals surface area contributed by atoms with Crippen LogP contribution in [-0.4, -0.2) is 17.3 Å². The van der Waals surface area contributed by atoms with Crippen molar-refractivity contribution in [1.29, 1.82) is 0 Å². The monoisotopic (exact) mass is 354 g/mol. The van der Waals surface area contributed by atoms with E-state index in [0.717, 1.165) is 16.9 Å². The van der Waals surface area contributed by atoms with Gasteiger partial charge < -0.3 is 0 Å². The molecule has 0 saturated carbocycles. The lowest BCUT2D eigenvalue weighted by Crippen LogP contribution is -2.36. The molecule has 126 valence electrons. The first kappa shape index (κ1) is 15.7. The van der Waals surface area contributed by atoms with E-state index < -0.39 is 5.41 Å². The van der Waals surface area contributed by atoms with Crippen molar-refractivity contribution in [2.24, 2.45) is 0 Å². The van der Waals surface area contributed by atoms with E-state index in [9.17, 15) is 4.79 Å². The number of thioether (sulfide) groups is 1. The molecule has 5 aliphatic rings. The number of fused-ring (bicyclic) bond motifs is 2. The van der Waals surface area contributed by atoms with Crippen LogP contribution in [0.1, 0.15) is 11.1 Å². The van der Waals surface area contributed by atoms with E-state index >= 15 is 0 Å². The van der Waals surface area contributed by atoms with Gasteiger partial charge in [0.1, 0.15) is 0 Å². The molecule has 1 saturated heterocycles. The summed E-state index contributed by atoms with van der Waals surface area (Å²) in [5, 5.41) is 0. The highest BCUT2D eigenvalue weighted by Gasteiger charge is 2.48. The fourth-order valence-corrected chi connectivity index (χ4v) is 5.59. The third kappa shape index (κ3) is 2.15. The zero-order valence-electron chi connectivity index (χ0n) is 14.3. The summed E-state index contributed by atoms with van der Waals surface area (Å²) in [5.41, 5.74) is 6.49. The number of carbonyl (C=O) groups is 1. The van der Waals surface area contributed by atoms with Crippen LogP contribution in [0.2, 0.25) is 0 Å². The smallest absolute Gasteiger partial charge is 0.158 e. The van der Waals surface area contributed by atoms with Crippen LogP contribution in [0.25, 0.3) is 22.3 Å². The number of Topliss-reactive ketones (excluding diaryl/α,β-unsaturated/α-hetero) is 1. The van der Waals surface area contributed by atoms with E-state index in [-0.39, 0.29) is 0 Å². The second-order valence-corrected chi connectivity index (χ2v) is 7.86. The van der Waals surface area contributed by atoms with Gasteiger partial charge in [0.15, 0.2) is 5.78 Å². The SMILES string of the molecule is O=C1CSCC1(c1ccc2cccccc1-2)c1ccc2cccccc1-2. The average Bonchev–Trinajstić information content (AvgIpc) is 3.23. The van der Waals surface area contributed by atoms with E-state index in [0.29, 0.717) is 11.5 Å². The van der Waals surface area contributed by atoms with Gasteiger partial charge in [-0.2, -0.15) is 11.8 Å². The van der Waals surface area contributed by atoms with Crippen molar-refractivity contribution < 1.29 is 4.79 Å². The van der Waals surface area contributed by atoms with Gasteiger partial charge in [0.25, 0.3) is 0 Å². The summed E-state index contributed by atoms with van der Waals surface area (Å²) in [4.78, 5) is 13.3. The Morgan fingerprint density at radius 3 is 1.69 bits per heavy atom. The molecule has 4 aliphatic carbocycles. The van der Waals surface area contributed by atoms with Crippen molar-refractivity contribution in [2.45, 2.75) is 5.41 Å². The van der Waals surface area contributed by atoms with E-state index in [4.69, 9.17) is 0 Å². The van der Waals surface area contributed by atoms with Crippen LogP contribution in [0, 0.1) is 0 Å². The summed E-state index contributed by atoms with van der Waals surface area (Å²) in [5.74, 6) is 1.71. The average molecular weight is 354 g/mol. The first-order valence-corrected chi connectivity index (χ1v) is 10.0. The number of ketones is 1. The molecule has 0 atom stereocenters. The Morgan fingerprint density at radius 1 is 0.654 bits per heavy atom. The van der Waals surface area contributed by atoms with Gasteiger partial charge >= 0.3 is 0 Å². The predicted octanol–water partition coefficient (Wildman–Crippen LogP) is 5.50. The molecule has 0 aromatic carbocycles. The Morgan fingerprint density at radius 2 is 1.19 bits per heavy atom. The first-order valence-electron chi connectivity index (χ1n) is 8.88. The molecule has 26 heavy (non-hydrogen) atoms. The fraction of sp³-hybridized carbons (Fsp3) is 0.125. The van der Waals surface area contributed by atoms with Crippen LogP contribution in [0.4, 0.5) is 0 Å². The highest BCUT2D eigenvalue weighted by molar-refractivity contribution is 8.00. The Hall–Kier alpha value is -2.58. The maximum absolute atomic E-state index is 13.3. The fourth-order valence-electron chi connectivity index (χ4n) is 4.28. The number of hydrogen-bond donors (Lipinski definition) is 0. The summed E-state index contributed by atoms with van der Waals surface area (Å²) >= 11 is 1.75. The van der Waals surface area contributed by atoms with E-state index in [1.54, 1.807) is 11.8 Å². The second-order valence-electron chi connectivity index (χ2n) is 6.87. The lowest BCUT2D eigenvalue weighted by Gasteiger charge is -2.28. The number of carbonyl (C=O) groups excluding carboxylic acids is 1. The normalized spacial score (nSPS) is 16.4. The summed E-state index contributed by atoms with van der Waals surface area (Å²) < 4.78 is 0. The van der Waals surface area contributed by atoms with Crippen molar-refractivity contribution in [2.75, 3.05) is 11.5 Å². The molecule has 1 fully saturated rings. The van der Waals surface area contributed by atoms with Gasteiger partial charge in [-0.3, -0.25) is 4.79 Å². The molecule has 0 spiro atoms. The molecular formula is C24H18OS. The lowest BCUT2D eigenvalue weighted by molar-refractivity contribution is -0.119. The Labute approximate surface area is 157 Å². The van der Waals surface area contributed by atoms with Crippen molar-refractivity contribution in [3.63, 3.8) is 0 Å². The van der Waals surface area contributed by atoms with Gasteiger partial charge in [-0.25, -0.2) is 0 Å². The molecule has 0 bridgehead atoms. The van der Waals surface area contributed by atoms with Gasteiger partial charge in [-0.15, -0.1) is 0 Å². The minimum atomic E-state index is -0.559. The van der Waals surface area contributed by atoms with Gasteiger partial charge in [0, 0.05) is 5.75 Å². The number of hydrogen-bond acceptors (Lipinski definition) is 2. The zero-order valence-corrected chi connectivity index (χ0v) is 15.1. The Bertz CT molecular complexity index is 979. The molecule has 0 aromatic heterocycles. The molecule has 1 nitrogen and oxygen atoms in total. The molecule has 1 aliphatic heterocycles. The second kappa shape index (κ2) is 6.00. The van der Waals surface area contributed by atoms with Gasteiger partial charge in [-0.1, -0.05) is 84.9 Å². The summed E-state index contributed by atoms with van der Waals surface area (Å²) in [6, 6.07) is 29.5. The van der Waals surface area contributed by atoms with Crippen LogP contribution in [-0.2, 0) is 10.2 Å². The highest BCUT2D eigenvalue weighted by Crippen LogP contribution is 2.50. The molecule has 0 unspecified atom stereocenters. The quantitative estimate of drug-likeness (QED) is 0.473. The summed E-state index contributed by atoms with van der Waals surface area (Å²) in [7, 11) is 0. The van der Waals surface area contributed by atoms with Crippen LogP contribution in [0.15, 0.2) is 84.9 Å². The molecular weight excluding hydrogens is 336 g/mol. The third-order valence-corrected chi connectivity index (χ3v) is 6.63. The van der Waals surface area contributed by atoms with Crippen molar-refractivity contribution in [1.82, 2.24) is 0 Å². The van der Waals surface area contributed by atoms with E-state index in [1.165, 1.54) is 22.3 Å². The molecule has 1 heterocycles. The lowest BCUT2D eigenvalue weighted by atomic mass is 9.72. The number of rotatable bonds is 2. The van der Waals surface area contributed by atoms with Crippen molar-refractivity contribution in [3.8, 4) is 22.3 Å². The van der Waals surface area contributed by atoms with Crippen molar-refractivity contribution >= 4 is 17.5 Å². The molecule has 0 N–H and O–H groups in total. The Balaban J connectivity index is 1.81. The van der Waals surface area contributed by atoms with Gasteiger partial charge in [0.05, 0.1) is 11.2 Å². The molecule has 5 rings (SSSR count). The molecule has 0 amide bonds. The standard InChI is InChI=1S/C24H18OS/c25-23-15-26-16-24(23,21-13-11-17-7-3-1-5-9-19(17)21)22-14-12-18-8-4-2-6-10-20(18)22/h1-14H,15-16H2. The summed E-state index contributed by atoms with van der Waals surface area (Å²) in [6.07, 6.45) is 0. The first-order chi connectivity index (χ1) is 12.8. The minimum absolute atomic E-state index is 0.320. The molecule has 0 radical (unpaired) electrons. The van der Waals surface area contributed by atoms with Gasteiger partial charge in [-0.05, 0) is 33.4 Å². The molecule has 0 aromatic rings. The topological polar surface area (TPSA) is 17.1 Å². The third-order valence-electron chi connectivity index (χ3n) is 5.53. The Kier molecular flexibility index (Phi) is 3.61. The summed E-state index contributed by atoms with van der Waals surface area (Å²) in [6.45, 7) is 0. The van der Waals surface area contributed by atoms with Crippen LogP contribution >= 0.6 is 11.8 Å². The van der Waals surface area contributed by atoms with Gasteiger partial charge in [0.2, 0.25) is 0 Å². The highest BCUT2D eigenvalue weighted by atomic mass is 32.2. The largest absolute Gasteiger partial charge is 0.297 e. The zero-order chi connectivity index (χ0) is 17.6. The van der Waals surface area contributed by atoms with Crippen LogP contribution in [0.3, 0.4) is 0 Å². The van der Waals surface area contributed by atoms with Crippen LogP contribution in [0.5, 0.6) is 0 Å². The minimum Gasteiger partial charge on any atom is -0.297 e. The van der Waals surface area contributed by atoms with Crippen molar-refractivity contribution in [3.05, 3.63) is 96.1 Å². The van der Waals surface area contributed by atoms with Crippen LogP contribution < -0.4 is 0 Å². The maximum atomic E-state index is 13.3.